The molecule has 1 aliphatic heterocycles. The molecule has 3 aromatic rings. The first-order valence-electron chi connectivity index (χ1n) is 8.21. The quantitative estimate of drug-likeness (QED) is 0.534. The summed E-state index contributed by atoms with van der Waals surface area (Å²) in [5, 5.41) is 1.46. The van der Waals surface area contributed by atoms with Gasteiger partial charge >= 0.3 is 0 Å². The van der Waals surface area contributed by atoms with Gasteiger partial charge < -0.3 is 4.90 Å². The summed E-state index contributed by atoms with van der Waals surface area (Å²) in [6, 6.07) is 14.8. The molecule has 128 valence electrons. The van der Waals surface area contributed by atoms with Crippen LogP contribution in [0.15, 0.2) is 42.5 Å². The number of hydrogen-bond acceptors (Lipinski definition) is 3. The summed E-state index contributed by atoms with van der Waals surface area (Å²) in [6.07, 6.45) is 0. The van der Waals surface area contributed by atoms with E-state index in [1.807, 2.05) is 13.0 Å². The number of benzene rings is 2. The molecule has 0 bridgehead atoms. The molecule has 4 rings (SSSR count). The van der Waals surface area contributed by atoms with Crippen LogP contribution in [0, 0.1) is 6.92 Å². The first-order chi connectivity index (χ1) is 12.0. The third-order valence-corrected chi connectivity index (χ3v) is 6.18. The highest BCUT2D eigenvalue weighted by Gasteiger charge is 2.27. The molecule has 1 aromatic heterocycles. The van der Waals surface area contributed by atoms with Crippen LogP contribution in [-0.4, -0.2) is 22.9 Å². The average molecular weight is 389 g/mol. The smallest absolute Gasteiger partial charge is 0.0552 e. The second-order valence-electron chi connectivity index (χ2n) is 6.66. The number of aromatic nitrogens is 1. The van der Waals surface area contributed by atoms with Crippen LogP contribution in [0.4, 0.5) is 0 Å². The molecule has 0 spiro atoms. The Kier molecular flexibility index (Phi) is 4.59. The molecule has 25 heavy (non-hydrogen) atoms. The third kappa shape index (κ3) is 3.34. The standard InChI is InChI=1S/C20H18Cl2N2S/c1-12-6-20(25-23-12)14-5-3-4-13(7-14)17-10-24(2)11-18-16(17)8-15(21)9-19(18)22/h3-9,17H,10-11H2,1-2H3/t17-/m0/s1. The minimum absolute atomic E-state index is 0.263. The van der Waals surface area contributed by atoms with E-state index in [4.69, 9.17) is 23.2 Å². The Bertz CT molecular complexity index is 935. The van der Waals surface area contributed by atoms with Gasteiger partial charge in [-0.3, -0.25) is 0 Å². The van der Waals surface area contributed by atoms with Gasteiger partial charge in [-0.1, -0.05) is 41.4 Å². The van der Waals surface area contributed by atoms with Gasteiger partial charge in [0.2, 0.25) is 0 Å². The Morgan fingerprint density at radius 3 is 2.76 bits per heavy atom. The van der Waals surface area contributed by atoms with Gasteiger partial charge in [0.05, 0.1) is 10.6 Å². The molecular formula is C20H18Cl2N2S. The van der Waals surface area contributed by atoms with Crippen LogP contribution >= 0.6 is 34.7 Å². The van der Waals surface area contributed by atoms with Crippen LogP contribution in [0.2, 0.25) is 10.0 Å². The lowest BCUT2D eigenvalue weighted by atomic mass is 9.84. The van der Waals surface area contributed by atoms with E-state index < -0.39 is 0 Å². The predicted molar refractivity (Wildman–Crippen MR) is 107 cm³/mol. The van der Waals surface area contributed by atoms with Crippen LogP contribution in [-0.2, 0) is 6.54 Å². The van der Waals surface area contributed by atoms with Crippen LogP contribution < -0.4 is 0 Å². The molecule has 1 aliphatic rings. The molecule has 0 aliphatic carbocycles. The van der Waals surface area contributed by atoms with Gasteiger partial charge in [0, 0.05) is 29.1 Å². The Labute approximate surface area is 162 Å². The van der Waals surface area contributed by atoms with Crippen molar-refractivity contribution in [2.75, 3.05) is 13.6 Å². The van der Waals surface area contributed by atoms with E-state index in [-0.39, 0.29) is 5.92 Å². The minimum atomic E-state index is 0.263. The number of nitrogens with zero attached hydrogens (tertiary/aromatic N) is 2. The van der Waals surface area contributed by atoms with Crippen molar-refractivity contribution in [3.8, 4) is 10.4 Å². The van der Waals surface area contributed by atoms with E-state index >= 15 is 0 Å². The summed E-state index contributed by atoms with van der Waals surface area (Å²) < 4.78 is 4.40. The maximum Gasteiger partial charge on any atom is 0.0552 e. The van der Waals surface area contributed by atoms with Crippen LogP contribution in [0.25, 0.3) is 10.4 Å². The Morgan fingerprint density at radius 1 is 1.16 bits per heavy atom. The van der Waals surface area contributed by atoms with E-state index in [1.54, 1.807) is 11.5 Å². The van der Waals surface area contributed by atoms with Gasteiger partial charge in [-0.25, -0.2) is 0 Å². The summed E-state index contributed by atoms with van der Waals surface area (Å²) >= 11 is 14.3. The van der Waals surface area contributed by atoms with Crippen molar-refractivity contribution in [2.24, 2.45) is 0 Å². The lowest BCUT2D eigenvalue weighted by molar-refractivity contribution is 0.295. The zero-order valence-electron chi connectivity index (χ0n) is 14.1. The first-order valence-corrected chi connectivity index (χ1v) is 9.74. The minimum Gasteiger partial charge on any atom is -0.301 e. The largest absolute Gasteiger partial charge is 0.301 e. The highest BCUT2D eigenvalue weighted by Crippen LogP contribution is 2.39. The molecule has 0 saturated heterocycles. The molecule has 2 nitrogen and oxygen atoms in total. The number of fused-ring (bicyclic) bond motifs is 1. The molecule has 2 heterocycles. The predicted octanol–water partition coefficient (Wildman–Crippen LogP) is 6.00. The topological polar surface area (TPSA) is 16.1 Å². The zero-order valence-corrected chi connectivity index (χ0v) is 16.4. The van der Waals surface area contributed by atoms with E-state index in [9.17, 15) is 0 Å². The van der Waals surface area contributed by atoms with Crippen molar-refractivity contribution < 1.29 is 0 Å². The summed E-state index contributed by atoms with van der Waals surface area (Å²) in [7, 11) is 2.14. The van der Waals surface area contributed by atoms with Crippen molar-refractivity contribution in [3.63, 3.8) is 0 Å². The van der Waals surface area contributed by atoms with Gasteiger partial charge in [0.15, 0.2) is 0 Å². The van der Waals surface area contributed by atoms with Gasteiger partial charge in [0.25, 0.3) is 0 Å². The molecule has 0 N–H and O–H groups in total. The lowest BCUT2D eigenvalue weighted by Gasteiger charge is -2.33. The highest BCUT2D eigenvalue weighted by molar-refractivity contribution is 7.09. The fourth-order valence-corrected chi connectivity index (χ4v) is 4.86. The van der Waals surface area contributed by atoms with Gasteiger partial charge in [-0.2, -0.15) is 4.37 Å². The fraction of sp³-hybridized carbons (Fsp3) is 0.250. The molecule has 0 radical (unpaired) electrons. The second-order valence-corrected chi connectivity index (χ2v) is 8.31. The average Bonchev–Trinajstić information content (AvgIpc) is 3.02. The molecule has 1 atom stereocenters. The zero-order chi connectivity index (χ0) is 17.6. The fourth-order valence-electron chi connectivity index (χ4n) is 3.54. The van der Waals surface area contributed by atoms with Crippen molar-refractivity contribution in [2.45, 2.75) is 19.4 Å². The molecule has 0 fully saturated rings. The van der Waals surface area contributed by atoms with Crippen molar-refractivity contribution >= 4 is 34.7 Å². The first kappa shape index (κ1) is 17.0. The van der Waals surface area contributed by atoms with E-state index in [0.717, 1.165) is 23.8 Å². The van der Waals surface area contributed by atoms with Gasteiger partial charge in [0.1, 0.15) is 0 Å². The Hall–Kier alpha value is -1.39. The number of aryl methyl sites for hydroxylation is 1. The van der Waals surface area contributed by atoms with Crippen LogP contribution in [0.3, 0.4) is 0 Å². The van der Waals surface area contributed by atoms with Gasteiger partial charge in [-0.15, -0.1) is 0 Å². The van der Waals surface area contributed by atoms with Crippen molar-refractivity contribution in [3.05, 3.63) is 74.9 Å². The summed E-state index contributed by atoms with van der Waals surface area (Å²) in [5.74, 6) is 0.263. The van der Waals surface area contributed by atoms with E-state index in [0.29, 0.717) is 5.02 Å². The molecule has 0 saturated carbocycles. The number of halogens is 2. The van der Waals surface area contributed by atoms with Crippen LogP contribution in [0.5, 0.6) is 0 Å². The Balaban J connectivity index is 1.81. The molecule has 0 unspecified atom stereocenters. The summed E-state index contributed by atoms with van der Waals surface area (Å²) in [6.45, 7) is 3.84. The number of likely N-dealkylation sites (N-methyl/N-ethyl adjacent to an activating group) is 1. The van der Waals surface area contributed by atoms with Crippen molar-refractivity contribution in [1.82, 2.24) is 9.27 Å². The Morgan fingerprint density at radius 2 is 2.00 bits per heavy atom. The third-order valence-electron chi connectivity index (χ3n) is 4.69. The summed E-state index contributed by atoms with van der Waals surface area (Å²) in [5.41, 5.74) is 5.99. The second kappa shape index (κ2) is 6.73. The maximum atomic E-state index is 6.48. The van der Waals surface area contributed by atoms with Gasteiger partial charge in [-0.05, 0) is 72.0 Å². The number of hydrogen-bond donors (Lipinski definition) is 0. The SMILES string of the molecule is Cc1cc(-c2cccc([C@@H]3CN(C)Cc4c(Cl)cc(Cl)cc43)c2)sn1. The highest BCUT2D eigenvalue weighted by atomic mass is 35.5. The summed E-state index contributed by atoms with van der Waals surface area (Å²) in [4.78, 5) is 3.52. The molecule has 2 aromatic carbocycles. The lowest BCUT2D eigenvalue weighted by Crippen LogP contribution is -2.31. The normalized spacial score (nSPS) is 17.5. The molecule has 5 heteroatoms. The van der Waals surface area contributed by atoms with E-state index in [2.05, 4.69) is 52.7 Å². The monoisotopic (exact) mass is 388 g/mol. The van der Waals surface area contributed by atoms with E-state index in [1.165, 1.54) is 27.1 Å². The number of rotatable bonds is 2. The van der Waals surface area contributed by atoms with Crippen LogP contribution in [0.1, 0.15) is 28.3 Å². The molecule has 0 amide bonds. The van der Waals surface area contributed by atoms with Crippen molar-refractivity contribution in [1.29, 1.82) is 0 Å². The molecular weight excluding hydrogens is 371 g/mol. The maximum absolute atomic E-state index is 6.48.